The van der Waals surface area contributed by atoms with Crippen LogP contribution in [0.1, 0.15) is 0 Å². The van der Waals surface area contributed by atoms with E-state index >= 15 is 0 Å². The summed E-state index contributed by atoms with van der Waals surface area (Å²) < 4.78 is 1.74. The van der Waals surface area contributed by atoms with Gasteiger partial charge in [-0.15, -0.1) is 5.10 Å². The number of hydrogen-bond acceptors (Lipinski definition) is 5. The number of para-hydroxylation sites is 1. The Hall–Kier alpha value is -2.76. The predicted octanol–water partition coefficient (Wildman–Crippen LogP) is 1.77. The zero-order chi connectivity index (χ0) is 13.1. The molecule has 6 nitrogen and oxygen atoms in total. The van der Waals surface area contributed by atoms with Gasteiger partial charge in [0.25, 0.3) is 0 Å². The molecule has 2 aromatic heterocycles. The summed E-state index contributed by atoms with van der Waals surface area (Å²) >= 11 is 0. The highest BCUT2D eigenvalue weighted by atomic mass is 15.4. The van der Waals surface area contributed by atoms with Crippen molar-refractivity contribution in [3.05, 3.63) is 48.9 Å². The Bertz CT molecular complexity index is 676. The van der Waals surface area contributed by atoms with Gasteiger partial charge in [-0.2, -0.15) is 0 Å². The Morgan fingerprint density at radius 1 is 1.05 bits per heavy atom. The van der Waals surface area contributed by atoms with Crippen LogP contribution < -0.4 is 5.32 Å². The van der Waals surface area contributed by atoms with Crippen LogP contribution in [0, 0.1) is 0 Å². The van der Waals surface area contributed by atoms with Crippen LogP contribution in [0.15, 0.2) is 48.9 Å². The molecular weight excluding hydrogens is 240 g/mol. The van der Waals surface area contributed by atoms with Crippen LogP contribution in [0.3, 0.4) is 0 Å². The van der Waals surface area contributed by atoms with E-state index in [0.717, 1.165) is 17.1 Å². The van der Waals surface area contributed by atoms with Gasteiger partial charge in [-0.05, 0) is 12.1 Å². The van der Waals surface area contributed by atoms with Crippen LogP contribution in [0.5, 0.6) is 0 Å². The zero-order valence-electron chi connectivity index (χ0n) is 10.4. The molecule has 94 valence electrons. The molecule has 0 unspecified atom stereocenters. The summed E-state index contributed by atoms with van der Waals surface area (Å²) in [6, 6.07) is 9.80. The highest BCUT2D eigenvalue weighted by Gasteiger charge is 2.10. The van der Waals surface area contributed by atoms with Crippen LogP contribution in [0.2, 0.25) is 0 Å². The molecule has 3 rings (SSSR count). The molecule has 0 bridgehead atoms. The van der Waals surface area contributed by atoms with Gasteiger partial charge in [0.05, 0.1) is 24.3 Å². The van der Waals surface area contributed by atoms with E-state index in [1.807, 2.05) is 30.3 Å². The van der Waals surface area contributed by atoms with E-state index in [0.29, 0.717) is 5.82 Å². The molecule has 19 heavy (non-hydrogen) atoms. The van der Waals surface area contributed by atoms with Crippen molar-refractivity contribution in [2.75, 3.05) is 12.4 Å². The predicted molar refractivity (Wildman–Crippen MR) is 71.9 cm³/mol. The third-order valence-corrected chi connectivity index (χ3v) is 2.70. The lowest BCUT2D eigenvalue weighted by Gasteiger charge is -2.06. The van der Waals surface area contributed by atoms with Crippen molar-refractivity contribution < 1.29 is 0 Å². The minimum atomic E-state index is 0.707. The molecule has 0 radical (unpaired) electrons. The van der Waals surface area contributed by atoms with Crippen molar-refractivity contribution in [1.82, 2.24) is 25.0 Å². The molecular formula is C13H12N6. The standard InChI is InChI=1S/C13H12N6/c1-14-13-9-15-7-11(17-13)12-8-16-18-19(12)10-5-3-2-4-6-10/h2-9H,1H3,(H,14,17). The number of rotatable bonds is 3. The maximum absolute atomic E-state index is 4.45. The van der Waals surface area contributed by atoms with Crippen LogP contribution in [0.25, 0.3) is 17.1 Å². The van der Waals surface area contributed by atoms with Crippen LogP contribution in [-0.4, -0.2) is 32.0 Å². The van der Waals surface area contributed by atoms with Gasteiger partial charge in [-0.3, -0.25) is 4.98 Å². The van der Waals surface area contributed by atoms with Crippen LogP contribution in [-0.2, 0) is 0 Å². The topological polar surface area (TPSA) is 68.5 Å². The lowest BCUT2D eigenvalue weighted by molar-refractivity contribution is 0.806. The minimum Gasteiger partial charge on any atom is -0.372 e. The number of aromatic nitrogens is 5. The third kappa shape index (κ3) is 2.15. The molecule has 1 N–H and O–H groups in total. The molecule has 3 aromatic rings. The summed E-state index contributed by atoms with van der Waals surface area (Å²) in [7, 11) is 1.81. The Balaban J connectivity index is 2.09. The van der Waals surface area contributed by atoms with Gasteiger partial charge in [0.2, 0.25) is 0 Å². The van der Waals surface area contributed by atoms with Crippen LogP contribution >= 0.6 is 0 Å². The fraction of sp³-hybridized carbons (Fsp3) is 0.0769. The van der Waals surface area contributed by atoms with Crippen molar-refractivity contribution in [2.45, 2.75) is 0 Å². The second kappa shape index (κ2) is 4.85. The van der Waals surface area contributed by atoms with Crippen molar-refractivity contribution in [1.29, 1.82) is 0 Å². The van der Waals surface area contributed by atoms with E-state index in [2.05, 4.69) is 25.6 Å². The molecule has 0 aliphatic carbocycles. The number of benzene rings is 1. The van der Waals surface area contributed by atoms with Gasteiger partial charge in [-0.1, -0.05) is 23.4 Å². The number of anilines is 1. The summed E-state index contributed by atoms with van der Waals surface area (Å²) in [5, 5.41) is 11.0. The SMILES string of the molecule is CNc1cncc(-c2cnnn2-c2ccccc2)n1. The first-order chi connectivity index (χ1) is 9.38. The highest BCUT2D eigenvalue weighted by molar-refractivity contribution is 5.57. The average Bonchev–Trinajstić information content (AvgIpc) is 2.98. The first kappa shape index (κ1) is 11.3. The van der Waals surface area contributed by atoms with Crippen molar-refractivity contribution >= 4 is 5.82 Å². The second-order valence-electron chi connectivity index (χ2n) is 3.91. The van der Waals surface area contributed by atoms with Crippen LogP contribution in [0.4, 0.5) is 5.82 Å². The lowest BCUT2D eigenvalue weighted by atomic mass is 10.3. The van der Waals surface area contributed by atoms with E-state index in [1.165, 1.54) is 0 Å². The van der Waals surface area contributed by atoms with E-state index in [9.17, 15) is 0 Å². The first-order valence-electron chi connectivity index (χ1n) is 5.85. The fourth-order valence-electron chi connectivity index (χ4n) is 1.78. The summed E-state index contributed by atoms with van der Waals surface area (Å²) in [5.41, 5.74) is 2.46. The maximum atomic E-state index is 4.45. The molecule has 0 fully saturated rings. The summed E-state index contributed by atoms with van der Waals surface area (Å²) in [5.74, 6) is 0.707. The Morgan fingerprint density at radius 3 is 2.68 bits per heavy atom. The number of nitrogens with zero attached hydrogens (tertiary/aromatic N) is 5. The largest absolute Gasteiger partial charge is 0.372 e. The molecule has 0 spiro atoms. The lowest BCUT2D eigenvalue weighted by Crippen LogP contribution is -2.01. The summed E-state index contributed by atoms with van der Waals surface area (Å²) in [6.45, 7) is 0. The molecule has 2 heterocycles. The molecule has 1 aromatic carbocycles. The van der Waals surface area contributed by atoms with Gasteiger partial charge in [0.15, 0.2) is 0 Å². The van der Waals surface area contributed by atoms with Crippen molar-refractivity contribution in [3.8, 4) is 17.1 Å². The fourth-order valence-corrected chi connectivity index (χ4v) is 1.78. The molecule has 6 heteroatoms. The van der Waals surface area contributed by atoms with E-state index < -0.39 is 0 Å². The number of hydrogen-bond donors (Lipinski definition) is 1. The Kier molecular flexibility index (Phi) is 2.89. The minimum absolute atomic E-state index is 0.707. The highest BCUT2D eigenvalue weighted by Crippen LogP contribution is 2.19. The molecule has 0 aliphatic rings. The van der Waals surface area contributed by atoms with Crippen molar-refractivity contribution in [2.24, 2.45) is 0 Å². The second-order valence-corrected chi connectivity index (χ2v) is 3.91. The van der Waals surface area contributed by atoms with Crippen molar-refractivity contribution in [3.63, 3.8) is 0 Å². The van der Waals surface area contributed by atoms with E-state index in [1.54, 1.807) is 30.3 Å². The Labute approximate surface area is 110 Å². The van der Waals surface area contributed by atoms with Gasteiger partial charge >= 0.3 is 0 Å². The average molecular weight is 252 g/mol. The zero-order valence-corrected chi connectivity index (χ0v) is 10.4. The quantitative estimate of drug-likeness (QED) is 0.769. The van der Waals surface area contributed by atoms with Gasteiger partial charge in [-0.25, -0.2) is 9.67 Å². The normalized spacial score (nSPS) is 10.4. The molecule has 0 saturated carbocycles. The van der Waals surface area contributed by atoms with E-state index in [-0.39, 0.29) is 0 Å². The van der Waals surface area contributed by atoms with Gasteiger partial charge in [0, 0.05) is 7.05 Å². The third-order valence-electron chi connectivity index (χ3n) is 2.70. The molecule has 0 amide bonds. The Morgan fingerprint density at radius 2 is 1.89 bits per heavy atom. The molecule has 0 aliphatic heterocycles. The van der Waals surface area contributed by atoms with Gasteiger partial charge < -0.3 is 5.32 Å². The summed E-state index contributed by atoms with van der Waals surface area (Å²) in [4.78, 5) is 8.60. The summed E-state index contributed by atoms with van der Waals surface area (Å²) in [6.07, 6.45) is 5.04. The molecule has 0 saturated heterocycles. The smallest absolute Gasteiger partial charge is 0.145 e. The maximum Gasteiger partial charge on any atom is 0.145 e. The monoisotopic (exact) mass is 252 g/mol. The van der Waals surface area contributed by atoms with E-state index in [4.69, 9.17) is 0 Å². The first-order valence-corrected chi connectivity index (χ1v) is 5.85. The number of nitrogens with one attached hydrogen (secondary N) is 1. The van der Waals surface area contributed by atoms with Gasteiger partial charge in [0.1, 0.15) is 17.2 Å². The molecule has 0 atom stereocenters.